The molecule has 1 unspecified atom stereocenters. The van der Waals surface area contributed by atoms with Crippen LogP contribution in [0.1, 0.15) is 44.1 Å². The SMILES string of the molecule is Clc1ccc(CN2CCCC2C2CCCC2)cn1. The molecule has 2 nitrogen and oxygen atoms in total. The molecule has 2 fully saturated rings. The third-order valence-corrected chi connectivity index (χ3v) is 4.76. The van der Waals surface area contributed by atoms with Gasteiger partial charge >= 0.3 is 0 Å². The molecule has 0 bridgehead atoms. The summed E-state index contributed by atoms with van der Waals surface area (Å²) in [7, 11) is 0. The van der Waals surface area contributed by atoms with E-state index in [0.717, 1.165) is 18.5 Å². The van der Waals surface area contributed by atoms with Crippen molar-refractivity contribution in [3.8, 4) is 0 Å². The zero-order chi connectivity index (χ0) is 12.4. The molecule has 0 amide bonds. The summed E-state index contributed by atoms with van der Waals surface area (Å²) in [5.41, 5.74) is 1.30. The number of nitrogens with zero attached hydrogens (tertiary/aromatic N) is 2. The largest absolute Gasteiger partial charge is 0.296 e. The molecule has 0 N–H and O–H groups in total. The van der Waals surface area contributed by atoms with E-state index in [0.29, 0.717) is 5.15 Å². The Morgan fingerprint density at radius 2 is 2.00 bits per heavy atom. The van der Waals surface area contributed by atoms with Crippen LogP contribution in [0.25, 0.3) is 0 Å². The zero-order valence-electron chi connectivity index (χ0n) is 10.8. The summed E-state index contributed by atoms with van der Waals surface area (Å²) in [5.74, 6) is 0.952. The smallest absolute Gasteiger partial charge is 0.129 e. The maximum Gasteiger partial charge on any atom is 0.129 e. The van der Waals surface area contributed by atoms with Crippen molar-refractivity contribution in [1.29, 1.82) is 0 Å². The van der Waals surface area contributed by atoms with Gasteiger partial charge in [0.2, 0.25) is 0 Å². The van der Waals surface area contributed by atoms with Crippen molar-refractivity contribution in [1.82, 2.24) is 9.88 Å². The minimum absolute atomic E-state index is 0.590. The number of hydrogen-bond donors (Lipinski definition) is 0. The van der Waals surface area contributed by atoms with E-state index in [-0.39, 0.29) is 0 Å². The van der Waals surface area contributed by atoms with Crippen LogP contribution in [-0.4, -0.2) is 22.5 Å². The van der Waals surface area contributed by atoms with Crippen LogP contribution in [0.4, 0.5) is 0 Å². The van der Waals surface area contributed by atoms with E-state index in [2.05, 4.69) is 16.0 Å². The van der Waals surface area contributed by atoms with Crippen molar-refractivity contribution in [2.75, 3.05) is 6.54 Å². The predicted octanol–water partition coefficient (Wildman–Crippen LogP) is 3.89. The molecular formula is C15H21ClN2. The van der Waals surface area contributed by atoms with Crippen LogP contribution in [0, 0.1) is 5.92 Å². The highest BCUT2D eigenvalue weighted by atomic mass is 35.5. The number of hydrogen-bond acceptors (Lipinski definition) is 2. The van der Waals surface area contributed by atoms with E-state index < -0.39 is 0 Å². The Labute approximate surface area is 114 Å². The van der Waals surface area contributed by atoms with Crippen LogP contribution in [-0.2, 0) is 6.54 Å². The van der Waals surface area contributed by atoms with Crippen molar-refractivity contribution >= 4 is 11.6 Å². The fourth-order valence-electron chi connectivity index (χ4n) is 3.66. The third-order valence-electron chi connectivity index (χ3n) is 4.53. The molecule has 1 saturated heterocycles. The average Bonchev–Trinajstić information content (AvgIpc) is 3.02. The number of rotatable bonds is 3. The molecule has 3 heteroatoms. The first-order valence-corrected chi connectivity index (χ1v) is 7.55. The summed E-state index contributed by atoms with van der Waals surface area (Å²) in [4.78, 5) is 6.85. The molecule has 3 rings (SSSR count). The normalized spacial score (nSPS) is 25.9. The van der Waals surface area contributed by atoms with Crippen LogP contribution in [0.15, 0.2) is 18.3 Å². The maximum atomic E-state index is 5.84. The lowest BCUT2D eigenvalue weighted by molar-refractivity contribution is 0.183. The van der Waals surface area contributed by atoms with Gasteiger partial charge in [0.05, 0.1) is 0 Å². The van der Waals surface area contributed by atoms with Crippen molar-refractivity contribution in [3.05, 3.63) is 29.0 Å². The standard InChI is InChI=1S/C15H21ClN2/c16-15-8-7-12(10-17-15)11-18-9-3-6-14(18)13-4-1-2-5-13/h7-8,10,13-14H,1-6,9,11H2. The zero-order valence-corrected chi connectivity index (χ0v) is 11.6. The first-order valence-electron chi connectivity index (χ1n) is 7.17. The number of likely N-dealkylation sites (tertiary alicyclic amines) is 1. The van der Waals surface area contributed by atoms with Crippen molar-refractivity contribution < 1.29 is 0 Å². The summed E-state index contributed by atoms with van der Waals surface area (Å²) in [6, 6.07) is 4.83. The van der Waals surface area contributed by atoms with Crippen LogP contribution in [0.5, 0.6) is 0 Å². The monoisotopic (exact) mass is 264 g/mol. The minimum Gasteiger partial charge on any atom is -0.296 e. The molecule has 98 valence electrons. The molecule has 1 aromatic rings. The van der Waals surface area contributed by atoms with E-state index in [1.54, 1.807) is 0 Å². The second kappa shape index (κ2) is 5.58. The molecule has 1 atom stereocenters. The molecule has 0 radical (unpaired) electrons. The Kier molecular flexibility index (Phi) is 3.86. The summed E-state index contributed by atoms with van der Waals surface area (Å²) in [5, 5.41) is 0.590. The van der Waals surface area contributed by atoms with Gasteiger partial charge in [0.15, 0.2) is 0 Å². The Balaban J connectivity index is 1.65. The van der Waals surface area contributed by atoms with E-state index in [9.17, 15) is 0 Å². The van der Waals surface area contributed by atoms with Gasteiger partial charge in [-0.3, -0.25) is 4.90 Å². The molecule has 1 aliphatic heterocycles. The van der Waals surface area contributed by atoms with Crippen LogP contribution < -0.4 is 0 Å². The molecule has 1 saturated carbocycles. The first-order chi connectivity index (χ1) is 8.83. The van der Waals surface area contributed by atoms with Crippen molar-refractivity contribution in [3.63, 3.8) is 0 Å². The van der Waals surface area contributed by atoms with Gasteiger partial charge in [0.25, 0.3) is 0 Å². The Hall–Kier alpha value is -0.600. The molecule has 2 aliphatic rings. The van der Waals surface area contributed by atoms with Crippen LogP contribution in [0.2, 0.25) is 5.15 Å². The minimum atomic E-state index is 0.590. The van der Waals surface area contributed by atoms with Gasteiger partial charge in [-0.15, -0.1) is 0 Å². The highest BCUT2D eigenvalue weighted by molar-refractivity contribution is 6.29. The van der Waals surface area contributed by atoms with Crippen LogP contribution >= 0.6 is 11.6 Å². The fraction of sp³-hybridized carbons (Fsp3) is 0.667. The second-order valence-corrected chi connectivity index (χ2v) is 6.10. The van der Waals surface area contributed by atoms with Gasteiger partial charge in [-0.2, -0.15) is 0 Å². The predicted molar refractivity (Wildman–Crippen MR) is 74.6 cm³/mol. The third kappa shape index (κ3) is 2.70. The highest BCUT2D eigenvalue weighted by Gasteiger charge is 2.32. The van der Waals surface area contributed by atoms with Gasteiger partial charge in [0, 0.05) is 18.8 Å². The van der Waals surface area contributed by atoms with Gasteiger partial charge in [-0.25, -0.2) is 4.98 Å². The summed E-state index contributed by atoms with van der Waals surface area (Å²) in [6.07, 6.45) is 10.5. The lowest BCUT2D eigenvalue weighted by Crippen LogP contribution is -2.34. The van der Waals surface area contributed by atoms with Gasteiger partial charge in [-0.05, 0) is 49.8 Å². The molecule has 18 heavy (non-hydrogen) atoms. The van der Waals surface area contributed by atoms with E-state index >= 15 is 0 Å². The molecule has 1 aromatic heterocycles. The Bertz CT molecular complexity index is 384. The molecule has 0 spiro atoms. The highest BCUT2D eigenvalue weighted by Crippen LogP contribution is 2.35. The van der Waals surface area contributed by atoms with Crippen molar-refractivity contribution in [2.24, 2.45) is 5.92 Å². The maximum absolute atomic E-state index is 5.84. The number of pyridine rings is 1. The summed E-state index contributed by atoms with van der Waals surface area (Å²) < 4.78 is 0. The molecule has 2 heterocycles. The number of halogens is 1. The average molecular weight is 265 g/mol. The molecular weight excluding hydrogens is 244 g/mol. The lowest BCUT2D eigenvalue weighted by atomic mass is 9.96. The molecule has 0 aromatic carbocycles. The Morgan fingerprint density at radius 3 is 2.72 bits per heavy atom. The van der Waals surface area contributed by atoms with E-state index in [4.69, 9.17) is 11.6 Å². The summed E-state index contributed by atoms with van der Waals surface area (Å²) >= 11 is 5.84. The number of aromatic nitrogens is 1. The summed E-state index contributed by atoms with van der Waals surface area (Å²) in [6.45, 7) is 2.30. The first kappa shape index (κ1) is 12.4. The van der Waals surface area contributed by atoms with Gasteiger partial charge in [0.1, 0.15) is 5.15 Å². The van der Waals surface area contributed by atoms with E-state index in [1.807, 2.05) is 12.3 Å². The Morgan fingerprint density at radius 1 is 1.17 bits per heavy atom. The topological polar surface area (TPSA) is 16.1 Å². The van der Waals surface area contributed by atoms with Gasteiger partial charge in [-0.1, -0.05) is 30.5 Å². The van der Waals surface area contributed by atoms with Crippen LogP contribution in [0.3, 0.4) is 0 Å². The van der Waals surface area contributed by atoms with E-state index in [1.165, 1.54) is 50.6 Å². The second-order valence-electron chi connectivity index (χ2n) is 5.71. The molecule has 1 aliphatic carbocycles. The van der Waals surface area contributed by atoms with Gasteiger partial charge < -0.3 is 0 Å². The lowest BCUT2D eigenvalue weighted by Gasteiger charge is -2.29. The quantitative estimate of drug-likeness (QED) is 0.770. The van der Waals surface area contributed by atoms with Crippen molar-refractivity contribution in [2.45, 2.75) is 51.1 Å². The fourth-order valence-corrected chi connectivity index (χ4v) is 3.77.